The molecule has 0 bridgehead atoms. The molecule has 0 radical (unpaired) electrons. The molecule has 1 amide bonds. The van der Waals surface area contributed by atoms with Crippen LogP contribution in [0.25, 0.3) is 11.0 Å². The molecule has 0 atom stereocenters. The summed E-state index contributed by atoms with van der Waals surface area (Å²) in [6.45, 7) is 0. The molecule has 0 saturated heterocycles. The Labute approximate surface area is 85.3 Å². The van der Waals surface area contributed by atoms with Crippen molar-refractivity contribution in [3.8, 4) is 0 Å². The number of hydrogen-bond acceptors (Lipinski definition) is 2. The molecular formula is C9H8ClN3O. The van der Waals surface area contributed by atoms with Crippen LogP contribution in [-0.2, 0) is 7.05 Å². The number of carbonyl (C=O) groups excluding carboxylic acids is 1. The van der Waals surface area contributed by atoms with Gasteiger partial charge in [-0.2, -0.15) is 0 Å². The van der Waals surface area contributed by atoms with E-state index in [0.29, 0.717) is 16.4 Å². The fourth-order valence-electron chi connectivity index (χ4n) is 1.32. The second-order valence-electron chi connectivity index (χ2n) is 3.01. The summed E-state index contributed by atoms with van der Waals surface area (Å²) in [6.07, 6.45) is 0. The number of primary amides is 1. The third kappa shape index (κ3) is 1.24. The Morgan fingerprint density at radius 3 is 2.93 bits per heavy atom. The number of benzene rings is 1. The molecule has 0 unspecified atom stereocenters. The second-order valence-corrected chi connectivity index (χ2v) is 3.35. The quantitative estimate of drug-likeness (QED) is 0.770. The van der Waals surface area contributed by atoms with E-state index in [1.165, 1.54) is 0 Å². The van der Waals surface area contributed by atoms with Crippen molar-refractivity contribution in [2.75, 3.05) is 0 Å². The standard InChI is InChI=1S/C9H8ClN3O/c1-13-7-3-2-5(8(11)14)4-6(7)12-9(13)10/h2-4H,1H3,(H2,11,14). The van der Waals surface area contributed by atoms with Crippen molar-refractivity contribution in [2.24, 2.45) is 12.8 Å². The zero-order chi connectivity index (χ0) is 10.3. The summed E-state index contributed by atoms with van der Waals surface area (Å²) in [5.74, 6) is -0.464. The van der Waals surface area contributed by atoms with Gasteiger partial charge in [0.1, 0.15) is 0 Å². The van der Waals surface area contributed by atoms with Gasteiger partial charge < -0.3 is 10.3 Å². The highest BCUT2D eigenvalue weighted by Gasteiger charge is 2.07. The van der Waals surface area contributed by atoms with E-state index < -0.39 is 5.91 Å². The summed E-state index contributed by atoms with van der Waals surface area (Å²) in [5, 5.41) is 0.390. The molecule has 0 saturated carbocycles. The smallest absolute Gasteiger partial charge is 0.248 e. The van der Waals surface area contributed by atoms with Crippen LogP contribution < -0.4 is 5.73 Å². The number of rotatable bonds is 1. The Bertz CT molecular complexity index is 518. The molecule has 1 aromatic carbocycles. The minimum Gasteiger partial charge on any atom is -0.366 e. The molecule has 14 heavy (non-hydrogen) atoms. The Balaban J connectivity index is 2.73. The Morgan fingerprint density at radius 1 is 1.57 bits per heavy atom. The maximum Gasteiger partial charge on any atom is 0.248 e. The van der Waals surface area contributed by atoms with Gasteiger partial charge >= 0.3 is 0 Å². The lowest BCUT2D eigenvalue weighted by atomic mass is 10.2. The average molecular weight is 210 g/mol. The molecule has 72 valence electrons. The van der Waals surface area contributed by atoms with E-state index in [4.69, 9.17) is 17.3 Å². The third-order valence-electron chi connectivity index (χ3n) is 2.11. The van der Waals surface area contributed by atoms with Crippen LogP contribution in [0, 0.1) is 0 Å². The third-order valence-corrected chi connectivity index (χ3v) is 2.45. The molecule has 1 heterocycles. The Kier molecular flexibility index (Phi) is 1.93. The zero-order valence-electron chi connectivity index (χ0n) is 7.49. The second kappa shape index (κ2) is 2.99. The number of halogens is 1. The predicted octanol–water partition coefficient (Wildman–Crippen LogP) is 1.33. The lowest BCUT2D eigenvalue weighted by Crippen LogP contribution is -2.10. The minimum absolute atomic E-state index is 0.390. The molecule has 0 aliphatic rings. The number of aromatic nitrogens is 2. The lowest BCUT2D eigenvalue weighted by Gasteiger charge is -1.96. The number of fused-ring (bicyclic) bond motifs is 1. The first kappa shape index (κ1) is 9.02. The number of imidazole rings is 1. The van der Waals surface area contributed by atoms with Crippen LogP contribution in [0.4, 0.5) is 0 Å². The Hall–Kier alpha value is -1.55. The van der Waals surface area contributed by atoms with Gasteiger partial charge in [0.25, 0.3) is 0 Å². The largest absolute Gasteiger partial charge is 0.366 e. The molecule has 2 aromatic rings. The maximum atomic E-state index is 10.9. The highest BCUT2D eigenvalue weighted by molar-refractivity contribution is 6.29. The van der Waals surface area contributed by atoms with Gasteiger partial charge in [-0.05, 0) is 29.8 Å². The maximum absolute atomic E-state index is 10.9. The molecule has 5 heteroatoms. The van der Waals surface area contributed by atoms with Crippen molar-refractivity contribution in [3.05, 3.63) is 29.0 Å². The van der Waals surface area contributed by atoms with Crippen LogP contribution in [0.2, 0.25) is 5.28 Å². The van der Waals surface area contributed by atoms with Gasteiger partial charge in [-0.25, -0.2) is 4.98 Å². The van der Waals surface area contributed by atoms with Gasteiger partial charge in [0.2, 0.25) is 11.2 Å². The molecule has 0 fully saturated rings. The summed E-state index contributed by atoms with van der Waals surface area (Å²) in [6, 6.07) is 5.06. The minimum atomic E-state index is -0.464. The SMILES string of the molecule is Cn1c(Cl)nc2cc(C(N)=O)ccc21. The van der Waals surface area contributed by atoms with Crippen LogP contribution in [0.15, 0.2) is 18.2 Å². The van der Waals surface area contributed by atoms with Gasteiger partial charge in [0.05, 0.1) is 11.0 Å². The highest BCUT2D eigenvalue weighted by Crippen LogP contribution is 2.19. The van der Waals surface area contributed by atoms with E-state index in [9.17, 15) is 4.79 Å². The van der Waals surface area contributed by atoms with Gasteiger partial charge in [0, 0.05) is 12.6 Å². The molecule has 2 N–H and O–H groups in total. The van der Waals surface area contributed by atoms with E-state index in [1.54, 1.807) is 22.8 Å². The van der Waals surface area contributed by atoms with E-state index in [0.717, 1.165) is 5.52 Å². The summed E-state index contributed by atoms with van der Waals surface area (Å²) in [5.41, 5.74) is 7.13. The van der Waals surface area contributed by atoms with E-state index in [-0.39, 0.29) is 0 Å². The molecule has 0 spiro atoms. The zero-order valence-corrected chi connectivity index (χ0v) is 8.25. The van der Waals surface area contributed by atoms with Crippen LogP contribution in [0.1, 0.15) is 10.4 Å². The first-order chi connectivity index (χ1) is 6.59. The molecule has 0 aliphatic carbocycles. The van der Waals surface area contributed by atoms with E-state index in [1.807, 2.05) is 7.05 Å². The Morgan fingerprint density at radius 2 is 2.29 bits per heavy atom. The monoisotopic (exact) mass is 209 g/mol. The number of nitrogens with zero attached hydrogens (tertiary/aromatic N) is 2. The van der Waals surface area contributed by atoms with E-state index in [2.05, 4.69) is 4.98 Å². The van der Waals surface area contributed by atoms with Gasteiger partial charge in [-0.15, -0.1) is 0 Å². The molecule has 4 nitrogen and oxygen atoms in total. The van der Waals surface area contributed by atoms with Crippen LogP contribution in [0.3, 0.4) is 0 Å². The number of hydrogen-bond donors (Lipinski definition) is 1. The summed E-state index contributed by atoms with van der Waals surface area (Å²) < 4.78 is 1.74. The van der Waals surface area contributed by atoms with Gasteiger partial charge in [0.15, 0.2) is 0 Å². The predicted molar refractivity (Wildman–Crippen MR) is 54.2 cm³/mol. The summed E-state index contributed by atoms with van der Waals surface area (Å²) in [4.78, 5) is 15.0. The molecule has 2 rings (SSSR count). The van der Waals surface area contributed by atoms with Crippen LogP contribution in [0.5, 0.6) is 0 Å². The van der Waals surface area contributed by atoms with Gasteiger partial charge in [-0.3, -0.25) is 4.79 Å². The number of carbonyl (C=O) groups is 1. The average Bonchev–Trinajstić information content (AvgIpc) is 2.42. The van der Waals surface area contributed by atoms with Crippen molar-refractivity contribution < 1.29 is 4.79 Å². The number of aryl methyl sites for hydroxylation is 1. The molecule has 0 aliphatic heterocycles. The fraction of sp³-hybridized carbons (Fsp3) is 0.111. The van der Waals surface area contributed by atoms with Crippen molar-refractivity contribution >= 4 is 28.5 Å². The molecular weight excluding hydrogens is 202 g/mol. The van der Waals surface area contributed by atoms with Gasteiger partial charge in [-0.1, -0.05) is 0 Å². The lowest BCUT2D eigenvalue weighted by molar-refractivity contribution is 0.100. The first-order valence-electron chi connectivity index (χ1n) is 4.01. The number of amides is 1. The van der Waals surface area contributed by atoms with Crippen molar-refractivity contribution in [1.29, 1.82) is 0 Å². The van der Waals surface area contributed by atoms with Crippen LogP contribution in [-0.4, -0.2) is 15.5 Å². The first-order valence-corrected chi connectivity index (χ1v) is 4.39. The van der Waals surface area contributed by atoms with Crippen LogP contribution >= 0.6 is 11.6 Å². The number of nitrogens with two attached hydrogens (primary N) is 1. The van der Waals surface area contributed by atoms with Crippen molar-refractivity contribution in [2.45, 2.75) is 0 Å². The van der Waals surface area contributed by atoms with E-state index >= 15 is 0 Å². The van der Waals surface area contributed by atoms with Crippen molar-refractivity contribution in [3.63, 3.8) is 0 Å². The fourth-order valence-corrected chi connectivity index (χ4v) is 1.51. The summed E-state index contributed by atoms with van der Waals surface area (Å²) in [7, 11) is 1.81. The molecule has 1 aromatic heterocycles. The normalized spacial score (nSPS) is 10.7. The summed E-state index contributed by atoms with van der Waals surface area (Å²) >= 11 is 5.82. The van der Waals surface area contributed by atoms with Crippen molar-refractivity contribution in [1.82, 2.24) is 9.55 Å². The topological polar surface area (TPSA) is 60.9 Å². The highest BCUT2D eigenvalue weighted by atomic mass is 35.5.